The fourth-order valence-corrected chi connectivity index (χ4v) is 2.16. The molecule has 98 valence electrons. The third-order valence-corrected chi connectivity index (χ3v) is 3.30. The molecule has 16 heavy (non-hydrogen) atoms. The van der Waals surface area contributed by atoms with Crippen molar-refractivity contribution >= 4 is 12.6 Å². The maximum absolute atomic E-state index is 9.93. The predicted molar refractivity (Wildman–Crippen MR) is 74.9 cm³/mol. The van der Waals surface area contributed by atoms with Gasteiger partial charge in [-0.05, 0) is 37.5 Å². The molecule has 0 aromatic carbocycles. The van der Waals surface area contributed by atoms with Crippen LogP contribution in [0, 0.1) is 11.8 Å². The summed E-state index contributed by atoms with van der Waals surface area (Å²) in [5.74, 6) is 1.25. The Balaban J connectivity index is 3.80. The van der Waals surface area contributed by atoms with E-state index >= 15 is 0 Å². The van der Waals surface area contributed by atoms with Crippen molar-refractivity contribution in [2.45, 2.75) is 70.8 Å². The second-order valence-corrected chi connectivity index (χ2v) is 6.45. The molecule has 3 heteroatoms. The molecule has 0 aliphatic heterocycles. The molecule has 0 rings (SSSR count). The smallest absolute Gasteiger partial charge is 0.0701 e. The summed E-state index contributed by atoms with van der Waals surface area (Å²) >= 11 is 4.51. The van der Waals surface area contributed by atoms with Gasteiger partial charge in [0.05, 0.1) is 6.10 Å². The van der Waals surface area contributed by atoms with Crippen LogP contribution in [0.15, 0.2) is 0 Å². The first-order valence-corrected chi connectivity index (χ1v) is 6.96. The van der Waals surface area contributed by atoms with Crippen LogP contribution in [0.4, 0.5) is 0 Å². The summed E-state index contributed by atoms with van der Waals surface area (Å²) < 4.78 is 0. The van der Waals surface area contributed by atoms with Crippen molar-refractivity contribution in [3.05, 3.63) is 0 Å². The van der Waals surface area contributed by atoms with E-state index in [9.17, 15) is 5.11 Å². The molecule has 0 aliphatic rings. The van der Waals surface area contributed by atoms with E-state index in [0.29, 0.717) is 18.3 Å². The van der Waals surface area contributed by atoms with Crippen LogP contribution < -0.4 is 5.73 Å². The lowest BCUT2D eigenvalue weighted by molar-refractivity contribution is 0.123. The topological polar surface area (TPSA) is 46.2 Å². The zero-order valence-corrected chi connectivity index (χ0v) is 12.1. The third kappa shape index (κ3) is 8.43. The van der Waals surface area contributed by atoms with E-state index in [0.717, 1.165) is 12.8 Å². The number of thiol groups is 1. The molecule has 2 nitrogen and oxygen atoms in total. The average Bonchev–Trinajstić information content (AvgIpc) is 2.13. The fraction of sp³-hybridized carbons (Fsp3) is 1.00. The van der Waals surface area contributed by atoms with Crippen molar-refractivity contribution < 1.29 is 5.11 Å². The van der Waals surface area contributed by atoms with Crippen LogP contribution in [0.2, 0.25) is 0 Å². The molecule has 0 aromatic heterocycles. The summed E-state index contributed by atoms with van der Waals surface area (Å²) in [4.78, 5) is 0. The van der Waals surface area contributed by atoms with E-state index in [1.165, 1.54) is 6.42 Å². The van der Waals surface area contributed by atoms with Gasteiger partial charge in [-0.3, -0.25) is 0 Å². The Morgan fingerprint density at radius 1 is 1.00 bits per heavy atom. The van der Waals surface area contributed by atoms with Crippen LogP contribution in [0.1, 0.15) is 53.4 Å². The lowest BCUT2D eigenvalue weighted by atomic mass is 9.95. The maximum atomic E-state index is 9.93. The van der Waals surface area contributed by atoms with Gasteiger partial charge in [-0.15, -0.1) is 0 Å². The molecule has 0 radical (unpaired) electrons. The second kappa shape index (κ2) is 8.37. The molecule has 0 saturated carbocycles. The SMILES string of the molecule is CC(C)CCC(S)CC(O)C(N)CC(C)C. The fourth-order valence-electron chi connectivity index (χ4n) is 1.80. The number of rotatable bonds is 8. The minimum atomic E-state index is -0.405. The summed E-state index contributed by atoms with van der Waals surface area (Å²) in [5.41, 5.74) is 5.94. The van der Waals surface area contributed by atoms with Gasteiger partial charge in [0.2, 0.25) is 0 Å². The van der Waals surface area contributed by atoms with E-state index in [-0.39, 0.29) is 11.3 Å². The van der Waals surface area contributed by atoms with Crippen LogP contribution in [-0.4, -0.2) is 22.5 Å². The second-order valence-electron chi connectivity index (χ2n) is 5.72. The van der Waals surface area contributed by atoms with Gasteiger partial charge in [0.25, 0.3) is 0 Å². The highest BCUT2D eigenvalue weighted by Crippen LogP contribution is 2.18. The molecule has 0 heterocycles. The first kappa shape index (κ1) is 16.3. The van der Waals surface area contributed by atoms with Gasteiger partial charge in [-0.2, -0.15) is 12.6 Å². The summed E-state index contributed by atoms with van der Waals surface area (Å²) in [5, 5.41) is 10.2. The number of aliphatic hydroxyl groups is 1. The minimum absolute atomic E-state index is 0.103. The number of nitrogens with two attached hydrogens (primary N) is 1. The summed E-state index contributed by atoms with van der Waals surface area (Å²) in [6.07, 6.45) is 3.42. The number of hydrogen-bond acceptors (Lipinski definition) is 3. The molecule has 3 atom stereocenters. The molecular weight excluding hydrogens is 218 g/mol. The molecule has 0 saturated heterocycles. The summed E-state index contributed by atoms with van der Waals surface area (Å²) in [6.45, 7) is 8.68. The Bertz CT molecular complexity index is 173. The van der Waals surface area contributed by atoms with Crippen LogP contribution in [-0.2, 0) is 0 Å². The van der Waals surface area contributed by atoms with Crippen molar-refractivity contribution in [1.82, 2.24) is 0 Å². The van der Waals surface area contributed by atoms with Crippen molar-refractivity contribution in [2.24, 2.45) is 17.6 Å². The molecule has 0 aromatic rings. The number of hydrogen-bond donors (Lipinski definition) is 3. The highest BCUT2D eigenvalue weighted by atomic mass is 32.1. The van der Waals surface area contributed by atoms with Gasteiger partial charge >= 0.3 is 0 Å². The highest BCUT2D eigenvalue weighted by molar-refractivity contribution is 7.80. The first-order chi connectivity index (χ1) is 7.32. The van der Waals surface area contributed by atoms with E-state index in [4.69, 9.17) is 5.73 Å². The minimum Gasteiger partial charge on any atom is -0.391 e. The lowest BCUT2D eigenvalue weighted by Crippen LogP contribution is -2.37. The normalized spacial score (nSPS) is 17.8. The van der Waals surface area contributed by atoms with Crippen molar-refractivity contribution in [1.29, 1.82) is 0 Å². The molecular formula is C13H29NOS. The van der Waals surface area contributed by atoms with Crippen LogP contribution in [0.25, 0.3) is 0 Å². The molecule has 0 fully saturated rings. The van der Waals surface area contributed by atoms with Gasteiger partial charge in [-0.1, -0.05) is 27.7 Å². The van der Waals surface area contributed by atoms with Crippen LogP contribution >= 0.6 is 12.6 Å². The van der Waals surface area contributed by atoms with Crippen LogP contribution in [0.3, 0.4) is 0 Å². The standard InChI is InChI=1S/C13H29NOS/c1-9(2)5-6-11(16)8-13(15)12(14)7-10(3)4/h9-13,15-16H,5-8,14H2,1-4H3. The zero-order chi connectivity index (χ0) is 12.7. The Morgan fingerprint density at radius 3 is 2.00 bits per heavy atom. The van der Waals surface area contributed by atoms with Gasteiger partial charge in [-0.25, -0.2) is 0 Å². The summed E-state index contributed by atoms with van der Waals surface area (Å²) in [7, 11) is 0. The first-order valence-electron chi connectivity index (χ1n) is 6.44. The molecule has 3 unspecified atom stereocenters. The summed E-state index contributed by atoms with van der Waals surface area (Å²) in [6, 6.07) is -0.103. The van der Waals surface area contributed by atoms with Crippen molar-refractivity contribution in [2.75, 3.05) is 0 Å². The monoisotopic (exact) mass is 247 g/mol. The van der Waals surface area contributed by atoms with Crippen molar-refractivity contribution in [3.63, 3.8) is 0 Å². The molecule has 3 N–H and O–H groups in total. The van der Waals surface area contributed by atoms with Crippen molar-refractivity contribution in [3.8, 4) is 0 Å². The molecule has 0 aliphatic carbocycles. The third-order valence-electron chi connectivity index (χ3n) is 2.83. The van der Waals surface area contributed by atoms with Gasteiger partial charge in [0.1, 0.15) is 0 Å². The molecule has 0 spiro atoms. The highest BCUT2D eigenvalue weighted by Gasteiger charge is 2.19. The maximum Gasteiger partial charge on any atom is 0.0701 e. The predicted octanol–water partition coefficient (Wildman–Crippen LogP) is 2.85. The number of aliphatic hydroxyl groups excluding tert-OH is 1. The Morgan fingerprint density at radius 2 is 1.56 bits per heavy atom. The quantitative estimate of drug-likeness (QED) is 0.578. The van der Waals surface area contributed by atoms with E-state index in [1.54, 1.807) is 0 Å². The average molecular weight is 247 g/mol. The van der Waals surface area contributed by atoms with E-state index in [1.807, 2.05) is 0 Å². The lowest BCUT2D eigenvalue weighted by Gasteiger charge is -2.23. The van der Waals surface area contributed by atoms with Gasteiger partial charge in [0.15, 0.2) is 0 Å². The Hall–Kier alpha value is 0.270. The molecule has 0 bridgehead atoms. The largest absolute Gasteiger partial charge is 0.391 e. The van der Waals surface area contributed by atoms with Gasteiger partial charge in [0, 0.05) is 11.3 Å². The molecule has 0 amide bonds. The van der Waals surface area contributed by atoms with E-state index in [2.05, 4.69) is 40.3 Å². The Labute approximate surface area is 106 Å². The van der Waals surface area contributed by atoms with E-state index < -0.39 is 6.10 Å². The zero-order valence-electron chi connectivity index (χ0n) is 11.2. The van der Waals surface area contributed by atoms with Gasteiger partial charge < -0.3 is 10.8 Å². The Kier molecular flexibility index (Phi) is 8.52. The van der Waals surface area contributed by atoms with Crippen LogP contribution in [0.5, 0.6) is 0 Å².